The highest BCUT2D eigenvalue weighted by Crippen LogP contribution is 2.42. The van der Waals surface area contributed by atoms with Gasteiger partial charge in [0, 0.05) is 0 Å². The highest BCUT2D eigenvalue weighted by molar-refractivity contribution is 5.41. The lowest BCUT2D eigenvalue weighted by Crippen LogP contribution is -2.13. The van der Waals surface area contributed by atoms with E-state index in [4.69, 9.17) is 18.9 Å². The molecule has 4 nitrogen and oxygen atoms in total. The Kier molecular flexibility index (Phi) is 7.76. The van der Waals surface area contributed by atoms with Crippen molar-refractivity contribution in [3.8, 4) is 11.5 Å². The Morgan fingerprint density at radius 2 is 1.41 bits per heavy atom. The normalized spacial score (nSPS) is 26.6. The first kappa shape index (κ1) is 23.7. The van der Waals surface area contributed by atoms with E-state index in [2.05, 4.69) is 56.3 Å². The minimum atomic E-state index is 0.293. The SMILES string of the molecule is CCCCC(C)c1cc(C2CCC(c3ccc(OCC4CO4)cc3)CC2)ccc1OCC1CO1. The average Bonchev–Trinajstić information content (AvgIpc) is 3.81. The lowest BCUT2D eigenvalue weighted by molar-refractivity contribution is 0.259. The van der Waals surface area contributed by atoms with E-state index in [-0.39, 0.29) is 0 Å². The van der Waals surface area contributed by atoms with Crippen molar-refractivity contribution >= 4 is 0 Å². The summed E-state index contributed by atoms with van der Waals surface area (Å²) in [6, 6.07) is 15.8. The van der Waals surface area contributed by atoms with Crippen LogP contribution in [0.25, 0.3) is 0 Å². The van der Waals surface area contributed by atoms with Crippen LogP contribution in [-0.4, -0.2) is 38.6 Å². The van der Waals surface area contributed by atoms with Crippen LogP contribution in [0.15, 0.2) is 42.5 Å². The number of benzene rings is 2. The summed E-state index contributed by atoms with van der Waals surface area (Å²) in [5.74, 6) is 3.84. The van der Waals surface area contributed by atoms with Crippen molar-refractivity contribution in [2.45, 2.75) is 88.8 Å². The van der Waals surface area contributed by atoms with Gasteiger partial charge in [0.05, 0.1) is 13.2 Å². The van der Waals surface area contributed by atoms with E-state index in [1.807, 2.05) is 0 Å². The van der Waals surface area contributed by atoms with Gasteiger partial charge in [-0.2, -0.15) is 0 Å². The first-order valence-corrected chi connectivity index (χ1v) is 13.4. The van der Waals surface area contributed by atoms with Crippen LogP contribution >= 0.6 is 0 Å². The Morgan fingerprint density at radius 3 is 2.03 bits per heavy atom. The molecule has 2 aliphatic heterocycles. The van der Waals surface area contributed by atoms with Crippen molar-refractivity contribution in [3.63, 3.8) is 0 Å². The second-order valence-corrected chi connectivity index (χ2v) is 10.5. The van der Waals surface area contributed by atoms with Crippen LogP contribution in [0.1, 0.15) is 93.2 Å². The van der Waals surface area contributed by atoms with Gasteiger partial charge in [0.25, 0.3) is 0 Å². The van der Waals surface area contributed by atoms with E-state index in [0.717, 1.165) is 24.7 Å². The summed E-state index contributed by atoms with van der Waals surface area (Å²) >= 11 is 0. The van der Waals surface area contributed by atoms with Crippen molar-refractivity contribution in [3.05, 3.63) is 59.2 Å². The smallest absolute Gasteiger partial charge is 0.122 e. The molecule has 3 fully saturated rings. The van der Waals surface area contributed by atoms with E-state index in [1.54, 1.807) is 0 Å². The fraction of sp³-hybridized carbons (Fsp3) is 0.600. The first-order valence-electron chi connectivity index (χ1n) is 13.4. The summed E-state index contributed by atoms with van der Waals surface area (Å²) in [6.45, 7) is 7.65. The van der Waals surface area contributed by atoms with Crippen LogP contribution in [0, 0.1) is 0 Å². The Balaban J connectivity index is 1.20. The molecule has 2 heterocycles. The molecule has 0 bridgehead atoms. The summed E-state index contributed by atoms with van der Waals surface area (Å²) in [4.78, 5) is 0. The largest absolute Gasteiger partial charge is 0.491 e. The second kappa shape index (κ2) is 11.1. The van der Waals surface area contributed by atoms with Gasteiger partial charge >= 0.3 is 0 Å². The fourth-order valence-electron chi connectivity index (χ4n) is 5.30. The van der Waals surface area contributed by atoms with Crippen LogP contribution in [0.2, 0.25) is 0 Å². The molecule has 1 aliphatic carbocycles. The molecule has 3 unspecified atom stereocenters. The molecular formula is C30H40O4. The minimum Gasteiger partial charge on any atom is -0.491 e. The van der Waals surface area contributed by atoms with Gasteiger partial charge in [0.2, 0.25) is 0 Å². The summed E-state index contributed by atoms with van der Waals surface area (Å²) in [5.41, 5.74) is 4.34. The Hall–Kier alpha value is -2.04. The van der Waals surface area contributed by atoms with Crippen LogP contribution in [0.3, 0.4) is 0 Å². The lowest BCUT2D eigenvalue weighted by Gasteiger charge is -2.30. The van der Waals surface area contributed by atoms with Gasteiger partial charge in [-0.1, -0.05) is 51.0 Å². The molecule has 0 aromatic heterocycles. The maximum Gasteiger partial charge on any atom is 0.122 e. The molecule has 34 heavy (non-hydrogen) atoms. The maximum atomic E-state index is 6.18. The van der Waals surface area contributed by atoms with Crippen molar-refractivity contribution in [1.29, 1.82) is 0 Å². The van der Waals surface area contributed by atoms with E-state index >= 15 is 0 Å². The van der Waals surface area contributed by atoms with Gasteiger partial charge in [0.1, 0.15) is 36.9 Å². The Morgan fingerprint density at radius 1 is 0.824 bits per heavy atom. The number of unbranched alkanes of at least 4 members (excludes halogenated alkanes) is 1. The van der Waals surface area contributed by atoms with Gasteiger partial charge < -0.3 is 18.9 Å². The molecule has 3 aliphatic rings. The molecule has 2 aromatic rings. The van der Waals surface area contributed by atoms with Gasteiger partial charge in [-0.25, -0.2) is 0 Å². The molecule has 2 saturated heterocycles. The molecule has 5 rings (SSSR count). The first-order chi connectivity index (χ1) is 16.7. The lowest BCUT2D eigenvalue weighted by atomic mass is 9.75. The van der Waals surface area contributed by atoms with Crippen LogP contribution in [-0.2, 0) is 9.47 Å². The van der Waals surface area contributed by atoms with Gasteiger partial charge in [-0.15, -0.1) is 0 Å². The number of hydrogen-bond acceptors (Lipinski definition) is 4. The zero-order chi connectivity index (χ0) is 23.3. The van der Waals surface area contributed by atoms with Crippen LogP contribution < -0.4 is 9.47 Å². The molecule has 1 saturated carbocycles. The van der Waals surface area contributed by atoms with Gasteiger partial charge in [0.15, 0.2) is 0 Å². The maximum absolute atomic E-state index is 6.18. The third-order valence-electron chi connectivity index (χ3n) is 7.77. The molecule has 0 N–H and O–H groups in total. The monoisotopic (exact) mass is 464 g/mol. The molecule has 4 heteroatoms. The average molecular weight is 465 g/mol. The highest BCUT2D eigenvalue weighted by Gasteiger charge is 2.27. The molecule has 0 radical (unpaired) electrons. The van der Waals surface area contributed by atoms with E-state index < -0.39 is 0 Å². The van der Waals surface area contributed by atoms with Crippen molar-refractivity contribution in [2.75, 3.05) is 26.4 Å². The zero-order valence-electron chi connectivity index (χ0n) is 20.8. The summed E-state index contributed by atoms with van der Waals surface area (Å²) in [5, 5.41) is 0. The summed E-state index contributed by atoms with van der Waals surface area (Å²) in [6.07, 6.45) is 9.32. The summed E-state index contributed by atoms with van der Waals surface area (Å²) in [7, 11) is 0. The highest BCUT2D eigenvalue weighted by atomic mass is 16.6. The standard InChI is InChI=1S/C30H40O4/c1-3-4-5-21(2)29-16-25(12-15-30(29)34-20-28-19-33-28)24-8-6-22(7-9-24)23-10-13-26(14-11-23)31-17-27-18-32-27/h10-16,21-22,24,27-28H,3-9,17-20H2,1-2H3. The topological polar surface area (TPSA) is 43.5 Å². The quantitative estimate of drug-likeness (QED) is 0.318. The van der Waals surface area contributed by atoms with Crippen molar-refractivity contribution in [2.24, 2.45) is 0 Å². The van der Waals surface area contributed by atoms with E-state index in [1.165, 1.54) is 61.6 Å². The number of epoxide rings is 2. The second-order valence-electron chi connectivity index (χ2n) is 10.5. The number of hydrogen-bond donors (Lipinski definition) is 0. The zero-order valence-corrected chi connectivity index (χ0v) is 20.8. The van der Waals surface area contributed by atoms with Crippen molar-refractivity contribution < 1.29 is 18.9 Å². The molecule has 2 aromatic carbocycles. The molecule has 184 valence electrons. The van der Waals surface area contributed by atoms with Gasteiger partial charge in [-0.05, 0) is 84.7 Å². The molecule has 3 atom stereocenters. The summed E-state index contributed by atoms with van der Waals surface area (Å²) < 4.78 is 22.6. The third-order valence-corrected chi connectivity index (χ3v) is 7.77. The van der Waals surface area contributed by atoms with Crippen molar-refractivity contribution in [1.82, 2.24) is 0 Å². The number of ether oxygens (including phenoxy) is 4. The van der Waals surface area contributed by atoms with E-state index in [9.17, 15) is 0 Å². The Bertz CT molecular complexity index is 908. The van der Waals surface area contributed by atoms with E-state index in [0.29, 0.717) is 43.2 Å². The minimum absolute atomic E-state index is 0.293. The fourth-order valence-corrected chi connectivity index (χ4v) is 5.30. The number of rotatable bonds is 12. The molecule has 0 spiro atoms. The predicted molar refractivity (Wildman–Crippen MR) is 135 cm³/mol. The molecule has 0 amide bonds. The van der Waals surface area contributed by atoms with Crippen LogP contribution in [0.5, 0.6) is 11.5 Å². The molecular weight excluding hydrogens is 424 g/mol. The Labute approximate surface area is 204 Å². The predicted octanol–water partition coefficient (Wildman–Crippen LogP) is 6.98. The third kappa shape index (κ3) is 6.34. The van der Waals surface area contributed by atoms with Gasteiger partial charge in [-0.3, -0.25) is 0 Å². The van der Waals surface area contributed by atoms with Crippen LogP contribution in [0.4, 0.5) is 0 Å².